The maximum absolute atomic E-state index is 8.82. The average molecular weight is 479 g/mol. The van der Waals surface area contributed by atoms with Gasteiger partial charge in [-0.2, -0.15) is 21.0 Å². The van der Waals surface area contributed by atoms with Crippen LogP contribution in [0.2, 0.25) is 0 Å². The number of nitrogens with zero attached hydrogens (tertiary/aromatic N) is 4. The molecule has 0 saturated carbocycles. The van der Waals surface area contributed by atoms with E-state index in [4.69, 9.17) is 34.6 Å². The van der Waals surface area contributed by atoms with Crippen LogP contribution >= 0.6 is 11.3 Å². The number of thiophene rings is 1. The smallest absolute Gasteiger partial charge is 0.148 e. The van der Waals surface area contributed by atoms with Gasteiger partial charge in [0.2, 0.25) is 0 Å². The van der Waals surface area contributed by atoms with Gasteiger partial charge in [-0.15, -0.1) is 11.3 Å². The fourth-order valence-electron chi connectivity index (χ4n) is 3.15. The summed E-state index contributed by atoms with van der Waals surface area (Å²) in [5.41, 5.74) is 0.996. The fraction of sp³-hybridized carbons (Fsp3) is 0.111. The molecule has 3 aromatic rings. The first-order chi connectivity index (χ1) is 17.1. The van der Waals surface area contributed by atoms with Crippen LogP contribution in [0.4, 0.5) is 0 Å². The van der Waals surface area contributed by atoms with Gasteiger partial charge in [0.15, 0.2) is 0 Å². The van der Waals surface area contributed by atoms with Crippen molar-refractivity contribution in [3.05, 3.63) is 76.8 Å². The third kappa shape index (κ3) is 5.67. The third-order valence-electron chi connectivity index (χ3n) is 4.75. The summed E-state index contributed by atoms with van der Waals surface area (Å²) in [7, 11) is 1.61. The lowest BCUT2D eigenvalue weighted by Crippen LogP contribution is -1.88. The van der Waals surface area contributed by atoms with E-state index in [2.05, 4.69) is 0 Å². The van der Waals surface area contributed by atoms with Gasteiger partial charge in [-0.3, -0.25) is 0 Å². The number of hydrogen-bond donors (Lipinski definition) is 0. The summed E-state index contributed by atoms with van der Waals surface area (Å²) in [5, 5.41) is 35.3. The van der Waals surface area contributed by atoms with Gasteiger partial charge < -0.3 is 13.6 Å². The lowest BCUT2D eigenvalue weighted by Gasteiger charge is -2.03. The fourth-order valence-corrected chi connectivity index (χ4v) is 4.44. The SMILES string of the molecule is CCc1c(-c2ccc(/C=C/C=C(C#N)C#N)o2)sc(-c2ccc(/C=C/C=C(C#N)C#N)o2)c1OC. The number of rotatable bonds is 8. The van der Waals surface area contributed by atoms with Crippen LogP contribution in [0.15, 0.2) is 68.6 Å². The Hall–Kier alpha value is -5.02. The van der Waals surface area contributed by atoms with E-state index in [9.17, 15) is 0 Å². The highest BCUT2D eigenvalue weighted by Gasteiger charge is 2.23. The average Bonchev–Trinajstić information content (AvgIpc) is 3.62. The lowest BCUT2D eigenvalue weighted by molar-refractivity contribution is 0.412. The van der Waals surface area contributed by atoms with E-state index in [0.29, 0.717) is 35.2 Å². The highest BCUT2D eigenvalue weighted by molar-refractivity contribution is 7.19. The third-order valence-corrected chi connectivity index (χ3v) is 5.99. The molecule has 0 aliphatic heterocycles. The van der Waals surface area contributed by atoms with Crippen LogP contribution in [0.5, 0.6) is 5.75 Å². The molecule has 7 nitrogen and oxygen atoms in total. The van der Waals surface area contributed by atoms with Gasteiger partial charge >= 0.3 is 0 Å². The second-order valence-electron chi connectivity index (χ2n) is 6.86. The van der Waals surface area contributed by atoms with E-state index in [1.807, 2.05) is 25.1 Å². The molecule has 0 fully saturated rings. The second kappa shape index (κ2) is 11.7. The maximum atomic E-state index is 8.82. The van der Waals surface area contributed by atoms with Crippen molar-refractivity contribution in [1.82, 2.24) is 0 Å². The number of methoxy groups -OCH3 is 1. The Labute approximate surface area is 206 Å². The molecule has 0 unspecified atom stereocenters. The molecule has 0 bridgehead atoms. The molecule has 3 heterocycles. The standard InChI is InChI=1S/C27H18N4O3S/c1-3-22-25(32-2)27(24-13-11-21(34-24)9-5-7-19(16-30)17-31)35-26(22)23-12-10-20(33-23)8-4-6-18(14-28)15-29/h4-13H,3H2,1-2H3/b8-4+,9-5+. The van der Waals surface area contributed by atoms with Crippen LogP contribution < -0.4 is 4.74 Å². The number of nitriles is 4. The number of hydrogen-bond acceptors (Lipinski definition) is 8. The number of allylic oxidation sites excluding steroid dienone is 6. The zero-order valence-corrected chi connectivity index (χ0v) is 19.7. The zero-order valence-electron chi connectivity index (χ0n) is 18.9. The molecular weight excluding hydrogens is 460 g/mol. The minimum atomic E-state index is 0.00411. The van der Waals surface area contributed by atoms with Crippen LogP contribution in [-0.2, 0) is 6.42 Å². The van der Waals surface area contributed by atoms with E-state index in [0.717, 1.165) is 15.3 Å². The second-order valence-corrected chi connectivity index (χ2v) is 7.88. The topological polar surface area (TPSA) is 131 Å². The molecule has 3 aromatic heterocycles. The summed E-state index contributed by atoms with van der Waals surface area (Å²) in [6, 6.07) is 14.5. The zero-order chi connectivity index (χ0) is 25.2. The first-order valence-corrected chi connectivity index (χ1v) is 11.2. The summed E-state index contributed by atoms with van der Waals surface area (Å²) < 4.78 is 17.7. The van der Waals surface area contributed by atoms with Crippen LogP contribution in [0.25, 0.3) is 33.4 Å². The molecule has 0 radical (unpaired) electrons. The molecule has 0 saturated heterocycles. The van der Waals surface area contributed by atoms with Gasteiger partial charge in [-0.1, -0.05) is 19.1 Å². The minimum absolute atomic E-state index is 0.00411. The highest BCUT2D eigenvalue weighted by atomic mass is 32.1. The summed E-state index contributed by atoms with van der Waals surface area (Å²) in [6.07, 6.45) is 10.1. The van der Waals surface area contributed by atoms with E-state index in [1.54, 1.807) is 61.8 Å². The van der Waals surface area contributed by atoms with Crippen LogP contribution in [0.1, 0.15) is 24.0 Å². The normalized spacial score (nSPS) is 10.3. The van der Waals surface area contributed by atoms with Crippen molar-refractivity contribution in [3.8, 4) is 51.3 Å². The lowest BCUT2D eigenvalue weighted by atomic mass is 10.1. The van der Waals surface area contributed by atoms with Crippen LogP contribution in [-0.4, -0.2) is 7.11 Å². The van der Waals surface area contributed by atoms with Gasteiger partial charge in [0.25, 0.3) is 0 Å². The Kier molecular flexibility index (Phi) is 8.25. The first kappa shape index (κ1) is 24.6. The molecule has 0 atom stereocenters. The molecule has 0 aliphatic carbocycles. The molecule has 3 rings (SSSR count). The molecule has 0 amide bonds. The van der Waals surface area contributed by atoms with E-state index >= 15 is 0 Å². The van der Waals surface area contributed by atoms with Crippen molar-refractivity contribution in [1.29, 1.82) is 21.0 Å². The van der Waals surface area contributed by atoms with Gasteiger partial charge in [-0.05, 0) is 55.0 Å². The van der Waals surface area contributed by atoms with E-state index < -0.39 is 0 Å². The molecule has 0 spiro atoms. The predicted octanol–water partition coefficient (Wildman–Crippen LogP) is 6.81. The van der Waals surface area contributed by atoms with Crippen LogP contribution in [0.3, 0.4) is 0 Å². The molecule has 0 N–H and O–H groups in total. The predicted molar refractivity (Wildman–Crippen MR) is 132 cm³/mol. The molecule has 0 aromatic carbocycles. The van der Waals surface area contributed by atoms with Crippen molar-refractivity contribution in [3.63, 3.8) is 0 Å². The van der Waals surface area contributed by atoms with Gasteiger partial charge in [0.1, 0.15) is 69.1 Å². The highest BCUT2D eigenvalue weighted by Crippen LogP contribution is 2.48. The molecule has 0 aliphatic rings. The Morgan fingerprint density at radius 3 is 1.74 bits per heavy atom. The Morgan fingerprint density at radius 1 is 0.829 bits per heavy atom. The summed E-state index contributed by atoms with van der Waals surface area (Å²) in [4.78, 5) is 1.72. The van der Waals surface area contributed by atoms with Gasteiger partial charge in [-0.25, -0.2) is 0 Å². The molecular formula is C27H18N4O3S. The maximum Gasteiger partial charge on any atom is 0.148 e. The van der Waals surface area contributed by atoms with Crippen molar-refractivity contribution in [2.75, 3.05) is 7.11 Å². The van der Waals surface area contributed by atoms with Crippen molar-refractivity contribution in [2.24, 2.45) is 0 Å². The summed E-state index contributed by atoms with van der Waals surface area (Å²) in [6.45, 7) is 2.03. The quantitative estimate of drug-likeness (QED) is 0.256. The van der Waals surface area contributed by atoms with Crippen molar-refractivity contribution in [2.45, 2.75) is 13.3 Å². The molecule has 35 heavy (non-hydrogen) atoms. The summed E-state index contributed by atoms with van der Waals surface area (Å²) >= 11 is 1.48. The van der Waals surface area contributed by atoms with Crippen LogP contribution in [0, 0.1) is 45.3 Å². The molecule has 170 valence electrons. The first-order valence-electron chi connectivity index (χ1n) is 10.4. The monoisotopic (exact) mass is 478 g/mol. The Morgan fingerprint density at radius 2 is 1.31 bits per heavy atom. The Bertz CT molecular complexity index is 1370. The van der Waals surface area contributed by atoms with Gasteiger partial charge in [0, 0.05) is 5.56 Å². The largest absolute Gasteiger partial charge is 0.495 e. The minimum Gasteiger partial charge on any atom is -0.495 e. The number of ether oxygens (including phenoxy) is 1. The van der Waals surface area contributed by atoms with Crippen molar-refractivity contribution < 1.29 is 13.6 Å². The van der Waals surface area contributed by atoms with Gasteiger partial charge in [0.05, 0.1) is 12.0 Å². The Balaban J connectivity index is 1.94. The number of furan rings is 2. The van der Waals surface area contributed by atoms with E-state index in [1.165, 1.54) is 23.5 Å². The van der Waals surface area contributed by atoms with Crippen molar-refractivity contribution >= 4 is 23.5 Å². The molecule has 8 heteroatoms. The summed E-state index contributed by atoms with van der Waals surface area (Å²) in [5.74, 6) is 3.13. The van der Waals surface area contributed by atoms with E-state index in [-0.39, 0.29) is 11.1 Å².